The quantitative estimate of drug-likeness (QED) is 0.437. The van der Waals surface area contributed by atoms with Crippen LogP contribution in [0.15, 0.2) is 66.7 Å². The molecule has 3 aromatic carbocycles. The van der Waals surface area contributed by atoms with Crippen LogP contribution in [0.3, 0.4) is 0 Å². The van der Waals surface area contributed by atoms with Gasteiger partial charge in [0.15, 0.2) is 0 Å². The van der Waals surface area contributed by atoms with Gasteiger partial charge >= 0.3 is 0 Å². The van der Waals surface area contributed by atoms with E-state index in [-0.39, 0.29) is 23.3 Å². The monoisotopic (exact) mass is 489 g/mol. The van der Waals surface area contributed by atoms with Crippen LogP contribution in [0.2, 0.25) is 0 Å². The van der Waals surface area contributed by atoms with E-state index < -0.39 is 35.5 Å². The van der Waals surface area contributed by atoms with Crippen LogP contribution in [0, 0.1) is 19.7 Å². The molecule has 36 heavy (non-hydrogen) atoms. The highest BCUT2D eigenvalue weighted by molar-refractivity contribution is 6.23. The zero-order valence-corrected chi connectivity index (χ0v) is 19.9. The molecule has 0 radical (unpaired) electrons. The number of para-hydroxylation sites is 1. The lowest BCUT2D eigenvalue weighted by Gasteiger charge is -2.28. The number of ether oxygens (including phenoxy) is 1. The van der Waals surface area contributed by atoms with Crippen molar-refractivity contribution >= 4 is 29.3 Å². The molecular weight excluding hydrogens is 465 g/mol. The molecule has 0 aromatic heterocycles. The van der Waals surface area contributed by atoms with Gasteiger partial charge in [-0.15, -0.1) is 0 Å². The Kier molecular flexibility index (Phi) is 6.82. The standard InChI is InChI=1S/C27H24FN3O5/c1-16-11-12-20(13-17(16)2)30-24(32)15-22(27(30)35)31(26(34)18-7-6-8-19(28)14-18)29-25(33)21-9-4-5-10-23(21)36-3/h4-14,22H,15H2,1-3H3,(H,29,33). The highest BCUT2D eigenvalue weighted by Gasteiger charge is 2.45. The summed E-state index contributed by atoms with van der Waals surface area (Å²) in [6, 6.07) is 15.0. The number of imide groups is 1. The van der Waals surface area contributed by atoms with Gasteiger partial charge in [-0.3, -0.25) is 24.6 Å². The normalized spacial score (nSPS) is 15.1. The SMILES string of the molecule is COc1ccccc1C(=O)NN(C(=O)c1cccc(F)c1)C1CC(=O)N(c2ccc(C)c(C)c2)C1=O. The summed E-state index contributed by atoms with van der Waals surface area (Å²) in [5.74, 6) is -3.21. The van der Waals surface area contributed by atoms with Crippen LogP contribution in [-0.4, -0.2) is 41.8 Å². The number of anilines is 1. The van der Waals surface area contributed by atoms with Crippen LogP contribution >= 0.6 is 0 Å². The zero-order chi connectivity index (χ0) is 26.0. The van der Waals surface area contributed by atoms with Gasteiger partial charge in [-0.25, -0.2) is 14.3 Å². The van der Waals surface area contributed by atoms with E-state index in [1.807, 2.05) is 13.8 Å². The van der Waals surface area contributed by atoms with E-state index in [1.54, 1.807) is 36.4 Å². The van der Waals surface area contributed by atoms with Gasteiger partial charge in [0.1, 0.15) is 17.6 Å². The van der Waals surface area contributed by atoms with Gasteiger partial charge in [-0.1, -0.05) is 24.3 Å². The van der Waals surface area contributed by atoms with Crippen molar-refractivity contribution < 1.29 is 28.3 Å². The second-order valence-corrected chi connectivity index (χ2v) is 8.38. The summed E-state index contributed by atoms with van der Waals surface area (Å²) in [5.41, 5.74) is 4.70. The van der Waals surface area contributed by atoms with Crippen molar-refractivity contribution in [2.45, 2.75) is 26.3 Å². The Hall–Kier alpha value is -4.53. The van der Waals surface area contributed by atoms with E-state index >= 15 is 0 Å². The summed E-state index contributed by atoms with van der Waals surface area (Å²) in [5, 5.41) is 0.796. The highest BCUT2D eigenvalue weighted by Crippen LogP contribution is 2.28. The summed E-state index contributed by atoms with van der Waals surface area (Å²) in [6.07, 6.45) is -0.362. The molecule has 0 saturated carbocycles. The maximum absolute atomic E-state index is 13.9. The molecule has 0 bridgehead atoms. The molecule has 0 aliphatic carbocycles. The van der Waals surface area contributed by atoms with E-state index in [1.165, 1.54) is 31.4 Å². The van der Waals surface area contributed by atoms with Crippen LogP contribution in [0.1, 0.15) is 38.3 Å². The first-order valence-corrected chi connectivity index (χ1v) is 11.2. The van der Waals surface area contributed by atoms with Gasteiger partial charge in [0.05, 0.1) is 24.8 Å². The minimum Gasteiger partial charge on any atom is -0.496 e. The molecule has 1 atom stereocenters. The molecule has 1 aliphatic heterocycles. The summed E-state index contributed by atoms with van der Waals surface area (Å²) in [6.45, 7) is 3.76. The van der Waals surface area contributed by atoms with Crippen LogP contribution < -0.4 is 15.1 Å². The fraction of sp³-hybridized carbons (Fsp3) is 0.185. The summed E-state index contributed by atoms with van der Waals surface area (Å²) in [4.78, 5) is 54.0. The number of aryl methyl sites for hydroxylation is 2. The van der Waals surface area contributed by atoms with Gasteiger partial charge in [-0.2, -0.15) is 0 Å². The molecule has 1 fully saturated rings. The van der Waals surface area contributed by atoms with Crippen molar-refractivity contribution in [3.8, 4) is 5.75 Å². The van der Waals surface area contributed by atoms with Crippen molar-refractivity contribution in [1.29, 1.82) is 0 Å². The van der Waals surface area contributed by atoms with E-state index in [9.17, 15) is 23.6 Å². The summed E-state index contributed by atoms with van der Waals surface area (Å²) < 4.78 is 19.1. The van der Waals surface area contributed by atoms with Gasteiger partial charge in [0.25, 0.3) is 17.7 Å². The lowest BCUT2D eigenvalue weighted by Crippen LogP contribution is -2.54. The number of nitrogens with zero attached hydrogens (tertiary/aromatic N) is 2. The highest BCUT2D eigenvalue weighted by atomic mass is 19.1. The minimum absolute atomic E-state index is 0.0970. The van der Waals surface area contributed by atoms with Gasteiger partial charge < -0.3 is 4.74 Å². The Balaban J connectivity index is 1.71. The molecule has 1 unspecified atom stereocenters. The zero-order valence-electron chi connectivity index (χ0n) is 19.9. The number of methoxy groups -OCH3 is 1. The summed E-state index contributed by atoms with van der Waals surface area (Å²) in [7, 11) is 1.39. The Morgan fingerprint density at radius 1 is 1.00 bits per heavy atom. The van der Waals surface area contributed by atoms with Crippen LogP contribution in [0.5, 0.6) is 5.75 Å². The predicted octanol–water partition coefficient (Wildman–Crippen LogP) is 3.57. The lowest BCUT2D eigenvalue weighted by atomic mass is 10.1. The molecule has 4 amide bonds. The van der Waals surface area contributed by atoms with Gasteiger partial charge in [0, 0.05) is 5.56 Å². The second kappa shape index (κ2) is 9.99. The number of hydrogen-bond acceptors (Lipinski definition) is 5. The van der Waals surface area contributed by atoms with Crippen molar-refractivity contribution in [3.05, 3.63) is 94.8 Å². The first-order chi connectivity index (χ1) is 17.2. The molecule has 3 aromatic rings. The Morgan fingerprint density at radius 3 is 2.44 bits per heavy atom. The maximum Gasteiger partial charge on any atom is 0.273 e. The molecule has 1 saturated heterocycles. The Bertz CT molecular complexity index is 1370. The summed E-state index contributed by atoms with van der Waals surface area (Å²) >= 11 is 0. The predicted molar refractivity (Wildman–Crippen MR) is 130 cm³/mol. The average molecular weight is 490 g/mol. The molecule has 8 nitrogen and oxygen atoms in total. The fourth-order valence-corrected chi connectivity index (χ4v) is 3.99. The van der Waals surface area contributed by atoms with Crippen molar-refractivity contribution in [2.75, 3.05) is 12.0 Å². The van der Waals surface area contributed by atoms with E-state index in [0.29, 0.717) is 5.69 Å². The first-order valence-electron chi connectivity index (χ1n) is 11.2. The molecule has 1 aliphatic rings. The third-order valence-electron chi connectivity index (χ3n) is 6.05. The van der Waals surface area contributed by atoms with Crippen LogP contribution in [0.4, 0.5) is 10.1 Å². The van der Waals surface area contributed by atoms with Crippen molar-refractivity contribution in [2.24, 2.45) is 0 Å². The molecule has 1 heterocycles. The third kappa shape index (κ3) is 4.68. The van der Waals surface area contributed by atoms with E-state index in [4.69, 9.17) is 4.74 Å². The third-order valence-corrected chi connectivity index (χ3v) is 6.05. The van der Waals surface area contributed by atoms with E-state index in [0.717, 1.165) is 27.1 Å². The number of rotatable bonds is 5. The van der Waals surface area contributed by atoms with Gasteiger partial charge in [-0.05, 0) is 67.4 Å². The first kappa shape index (κ1) is 24.6. The largest absolute Gasteiger partial charge is 0.496 e. The molecule has 9 heteroatoms. The van der Waals surface area contributed by atoms with Gasteiger partial charge in [0.2, 0.25) is 5.91 Å². The Morgan fingerprint density at radius 2 is 1.75 bits per heavy atom. The van der Waals surface area contributed by atoms with Crippen molar-refractivity contribution in [3.63, 3.8) is 0 Å². The molecule has 1 N–H and O–H groups in total. The number of hydrogen-bond donors (Lipinski definition) is 1. The number of benzene rings is 3. The second-order valence-electron chi connectivity index (χ2n) is 8.38. The van der Waals surface area contributed by atoms with E-state index in [2.05, 4.69) is 5.43 Å². The molecule has 4 rings (SSSR count). The number of carbonyl (C=O) groups is 4. The minimum atomic E-state index is -1.34. The topological polar surface area (TPSA) is 96.0 Å². The Labute approximate surface area is 207 Å². The number of amides is 4. The maximum atomic E-state index is 13.9. The fourth-order valence-electron chi connectivity index (χ4n) is 3.99. The number of nitrogens with one attached hydrogen (secondary N) is 1. The van der Waals surface area contributed by atoms with Crippen molar-refractivity contribution in [1.82, 2.24) is 10.4 Å². The smallest absolute Gasteiger partial charge is 0.273 e. The molecule has 184 valence electrons. The average Bonchev–Trinajstić information content (AvgIpc) is 3.17. The lowest BCUT2D eigenvalue weighted by molar-refractivity contribution is -0.122. The number of carbonyl (C=O) groups excluding carboxylic acids is 4. The number of halogens is 1. The molecular formula is C27H24FN3O5. The van der Waals surface area contributed by atoms with Crippen LogP contribution in [-0.2, 0) is 9.59 Å². The molecule has 0 spiro atoms. The van der Waals surface area contributed by atoms with Crippen LogP contribution in [0.25, 0.3) is 0 Å². The number of hydrazine groups is 1.